The zero-order valence-electron chi connectivity index (χ0n) is 53.6. The fraction of sp³-hybridized carbons (Fsp3) is 0.982. The van der Waals surface area contributed by atoms with Gasteiger partial charge >= 0.3 is 5.97 Å². The molecule has 0 aromatic rings. The van der Waals surface area contributed by atoms with Gasteiger partial charge < -0.3 is 234 Å². The number of aliphatic carboxylic acids is 1. The summed E-state index contributed by atoms with van der Waals surface area (Å²) in [7, 11) is 0. The smallest absolute Gasteiger partial charge is 0.364 e. The minimum Gasteiger partial charge on any atom is -0.477 e. The summed E-state index contributed by atoms with van der Waals surface area (Å²) in [5, 5.41) is 348. The first-order valence-electron chi connectivity index (χ1n) is 32.2. The molecule has 0 saturated carbocycles. The highest BCUT2D eigenvalue weighted by Gasteiger charge is 2.62. The minimum atomic E-state index is -3.39. The van der Waals surface area contributed by atoms with Crippen LogP contribution in [0, 0.1) is 0 Å². The van der Waals surface area contributed by atoms with Gasteiger partial charge in [-0.15, -0.1) is 0 Å². The summed E-state index contributed by atoms with van der Waals surface area (Å²) in [6.45, 7) is -10.1. The summed E-state index contributed by atoms with van der Waals surface area (Å²) < 4.78 is 86.6. The van der Waals surface area contributed by atoms with Crippen molar-refractivity contribution in [1.29, 1.82) is 0 Å². The lowest BCUT2D eigenvalue weighted by Crippen LogP contribution is -2.71. The Labute approximate surface area is 579 Å². The fourth-order valence-corrected chi connectivity index (χ4v) is 12.9. The molecule has 0 aliphatic carbocycles. The SMILES string of the molecule is O=C(O)[C@@]1(O)C[C@@H](O)[C@@H](OC2OC(C(CO)O[C@H]3O[C@H](CO)[C@@H](O)[C@H](O)[C@H]3O)C(O[C@@H]3O[C@H](COC4OC(C(CO)OC5OC(C(O)CO)C(O)C(O)C5O)C(O)C(O)C4O)[C@@H](O)[C@H](O)[C@H]3O)C(OC3OC(C(O)CO)C(O)C(O)C3OC3OC(C(O)CO)C(O)C(O)C3O)C2O)[C@@H]([C@H](O)CO)O1. The van der Waals surface area contributed by atoms with Gasteiger partial charge in [0.15, 0.2) is 44.0 Å². The lowest BCUT2D eigenvalue weighted by molar-refractivity contribution is -0.419. The molecular formula is C55H94O48. The van der Waals surface area contributed by atoms with Gasteiger partial charge in [0.1, 0.15) is 220 Å². The zero-order chi connectivity index (χ0) is 76.5. The van der Waals surface area contributed by atoms with Crippen LogP contribution >= 0.6 is 0 Å². The van der Waals surface area contributed by atoms with Gasteiger partial charge in [0, 0.05) is 6.42 Å². The molecule has 0 spiro atoms. The first-order valence-corrected chi connectivity index (χ1v) is 32.2. The summed E-state index contributed by atoms with van der Waals surface area (Å²) >= 11 is 0. The van der Waals surface area contributed by atoms with Crippen molar-refractivity contribution in [2.24, 2.45) is 0 Å². The van der Waals surface area contributed by atoms with E-state index in [1.165, 1.54) is 0 Å². The van der Waals surface area contributed by atoms with Crippen LogP contribution in [0.2, 0.25) is 0 Å². The van der Waals surface area contributed by atoms with Crippen molar-refractivity contribution in [2.75, 3.05) is 52.9 Å². The summed E-state index contributed by atoms with van der Waals surface area (Å²) in [6.07, 6.45) is -105. The van der Waals surface area contributed by atoms with Crippen molar-refractivity contribution < 1.29 is 239 Å². The van der Waals surface area contributed by atoms with Gasteiger partial charge in [0.25, 0.3) is 5.79 Å². The number of hydrogen-bond donors (Lipinski definition) is 32. The molecule has 48 nitrogen and oxygen atoms in total. The van der Waals surface area contributed by atoms with Crippen LogP contribution in [-0.4, -0.2) is 498 Å². The van der Waals surface area contributed by atoms with Crippen LogP contribution in [0.4, 0.5) is 0 Å². The Morgan fingerprint density at radius 1 is 0.340 bits per heavy atom. The average Bonchev–Trinajstić information content (AvgIpc) is 0.760. The first kappa shape index (κ1) is 86.2. The molecule has 45 atom stereocenters. The van der Waals surface area contributed by atoms with E-state index in [2.05, 4.69) is 0 Å². The topological polar surface area (TPSA) is 803 Å². The second-order valence-electron chi connectivity index (χ2n) is 25.8. The molecule has 0 aromatic carbocycles. The van der Waals surface area contributed by atoms with Crippen LogP contribution < -0.4 is 0 Å². The third-order valence-corrected chi connectivity index (χ3v) is 18.9. The average molecular weight is 1520 g/mol. The Hall–Kier alpha value is -2.37. The van der Waals surface area contributed by atoms with Gasteiger partial charge in [-0.05, 0) is 0 Å². The summed E-state index contributed by atoms with van der Waals surface area (Å²) in [4.78, 5) is 12.3. The third kappa shape index (κ3) is 18.2. The number of aliphatic hydroxyl groups excluding tert-OH is 30. The number of carboxylic acids is 1. The van der Waals surface area contributed by atoms with Gasteiger partial charge in [0.05, 0.1) is 59.0 Å². The molecule has 8 rings (SSSR count). The van der Waals surface area contributed by atoms with Crippen molar-refractivity contribution in [3.8, 4) is 0 Å². The molecule has 0 bridgehead atoms. The highest BCUT2D eigenvalue weighted by Crippen LogP contribution is 2.42. The molecule has 103 heavy (non-hydrogen) atoms. The van der Waals surface area contributed by atoms with Crippen LogP contribution in [0.15, 0.2) is 0 Å². The highest BCUT2D eigenvalue weighted by atomic mass is 16.8. The number of ether oxygens (including phenoxy) is 15. The standard InChI is InChI=1S/C55H94O48/c56-2-11(64)37-26(75)23(72)34(83)49(94-37)91-16(7-61)42-28(77)25(74)31(80)47(98-42)89-9-18-20(69)22(71)33(82)50(93-18)102-46-43(17(8-62)92-48-32(81)21(70)19(68)15(6-60)90-48)99-52(97-40-10(63)1-55(88,54(86)87)103-41(40)14(67)5-59)36(85)44(46)100-53-45(30(79)29(78)39(96-53)13(66)4-58)101-51-35(84)24(73)27(76)38(95-51)12(65)3-57/h10-53,56-85,88H,1-9H2,(H,86,87)/t10-,11?,12?,13?,14-,15-,16?,17?,18-,19-,20-,21+,22+,23?,24?,25?,26?,27?,28?,29?,30?,31?,32-,33-,34?,35?,36?,37?,38?,39?,40-,41-,42?,43?,44?,45?,46?,47?,48-,49?,50+,51?,52?,53?,55-/m1/s1. The Morgan fingerprint density at radius 2 is 0.689 bits per heavy atom. The number of aliphatic hydroxyl groups is 31. The van der Waals surface area contributed by atoms with E-state index in [-0.39, 0.29) is 0 Å². The number of carboxylic acid groups (broad SMARTS) is 1. The van der Waals surface area contributed by atoms with E-state index in [1.54, 1.807) is 0 Å². The normalized spacial score (nSPS) is 49.8. The van der Waals surface area contributed by atoms with Gasteiger partial charge in [-0.2, -0.15) is 0 Å². The molecule has 8 aliphatic rings. The molecular weight excluding hydrogens is 1430 g/mol. The van der Waals surface area contributed by atoms with Crippen LogP contribution in [0.1, 0.15) is 6.42 Å². The molecule has 8 saturated heterocycles. The monoisotopic (exact) mass is 1520 g/mol. The predicted molar refractivity (Wildman–Crippen MR) is 306 cm³/mol. The Bertz CT molecular complexity index is 2580. The molecule has 32 N–H and O–H groups in total. The summed E-state index contributed by atoms with van der Waals surface area (Å²) in [6, 6.07) is 0. The van der Waals surface area contributed by atoms with E-state index in [0.29, 0.717) is 0 Å². The maximum atomic E-state index is 12.8. The summed E-state index contributed by atoms with van der Waals surface area (Å²) in [5.41, 5.74) is 0. The Balaban J connectivity index is 1.20. The van der Waals surface area contributed by atoms with E-state index >= 15 is 0 Å². The Morgan fingerprint density at radius 3 is 1.18 bits per heavy atom. The van der Waals surface area contributed by atoms with Gasteiger partial charge in [-0.1, -0.05) is 0 Å². The van der Waals surface area contributed by atoms with Crippen LogP contribution in [-0.2, 0) is 75.8 Å². The second-order valence-corrected chi connectivity index (χ2v) is 25.8. The fourth-order valence-electron chi connectivity index (χ4n) is 12.9. The van der Waals surface area contributed by atoms with Crippen molar-refractivity contribution in [1.82, 2.24) is 0 Å². The van der Waals surface area contributed by atoms with Crippen molar-refractivity contribution in [3.63, 3.8) is 0 Å². The minimum absolute atomic E-state index is 1.07. The van der Waals surface area contributed by atoms with Crippen molar-refractivity contribution in [2.45, 2.75) is 282 Å². The van der Waals surface area contributed by atoms with Crippen molar-refractivity contribution >= 4 is 5.97 Å². The van der Waals surface area contributed by atoms with Crippen LogP contribution in [0.25, 0.3) is 0 Å². The maximum Gasteiger partial charge on any atom is 0.364 e. The molecule has 48 heteroatoms. The van der Waals surface area contributed by atoms with Crippen molar-refractivity contribution in [3.05, 3.63) is 0 Å². The lowest BCUT2D eigenvalue weighted by atomic mass is 9.91. The quantitative estimate of drug-likeness (QED) is 0.0331. The third-order valence-electron chi connectivity index (χ3n) is 18.9. The lowest BCUT2D eigenvalue weighted by Gasteiger charge is -2.53. The van der Waals surface area contributed by atoms with Crippen LogP contribution in [0.3, 0.4) is 0 Å². The molecule has 30 unspecified atom stereocenters. The van der Waals surface area contributed by atoms with Gasteiger partial charge in [-0.25, -0.2) is 4.79 Å². The molecule has 8 aliphatic heterocycles. The van der Waals surface area contributed by atoms with Gasteiger partial charge in [-0.3, -0.25) is 0 Å². The van der Waals surface area contributed by atoms with Crippen LogP contribution in [0.5, 0.6) is 0 Å². The summed E-state index contributed by atoms with van der Waals surface area (Å²) in [5.74, 6) is -5.58. The number of carbonyl (C=O) groups is 1. The number of rotatable bonds is 29. The largest absolute Gasteiger partial charge is 0.477 e. The zero-order valence-corrected chi connectivity index (χ0v) is 53.6. The molecule has 8 heterocycles. The molecule has 0 amide bonds. The Kier molecular flexibility index (Phi) is 30.7. The highest BCUT2D eigenvalue weighted by molar-refractivity contribution is 5.75. The molecule has 602 valence electrons. The van der Waals surface area contributed by atoms with E-state index in [0.717, 1.165) is 0 Å². The predicted octanol–water partition coefficient (Wildman–Crippen LogP) is -21.8. The van der Waals surface area contributed by atoms with E-state index in [4.69, 9.17) is 71.1 Å². The first-order chi connectivity index (χ1) is 48.5. The molecule has 0 radical (unpaired) electrons. The molecule has 8 fully saturated rings. The maximum absolute atomic E-state index is 12.8. The molecule has 0 aromatic heterocycles. The van der Waals surface area contributed by atoms with E-state index < -0.39 is 341 Å². The van der Waals surface area contributed by atoms with Gasteiger partial charge in [0.2, 0.25) is 0 Å². The second kappa shape index (κ2) is 36.6. The number of hydrogen-bond acceptors (Lipinski definition) is 47. The van der Waals surface area contributed by atoms with E-state index in [9.17, 15) is 168 Å². The van der Waals surface area contributed by atoms with E-state index in [1.807, 2.05) is 0 Å².